The highest BCUT2D eigenvalue weighted by Gasteiger charge is 2.20. The molecule has 0 aliphatic rings. The van der Waals surface area contributed by atoms with Crippen LogP contribution in [0.2, 0.25) is 0 Å². The number of amides is 1. The Kier molecular flexibility index (Phi) is 4.19. The molecular formula is C13H18N4O3. The van der Waals surface area contributed by atoms with Gasteiger partial charge in [0.25, 0.3) is 0 Å². The minimum atomic E-state index is -0.336. The summed E-state index contributed by atoms with van der Waals surface area (Å²) in [6.07, 6.45) is 0. The number of nitrogens with zero attached hydrogens (tertiary/aromatic N) is 3. The van der Waals surface area contributed by atoms with Crippen molar-refractivity contribution < 1.29 is 13.8 Å². The highest BCUT2D eigenvalue weighted by atomic mass is 16.5. The van der Waals surface area contributed by atoms with Gasteiger partial charge in [0.2, 0.25) is 11.8 Å². The molecule has 0 saturated carbocycles. The Morgan fingerprint density at radius 3 is 2.65 bits per heavy atom. The molecule has 20 heavy (non-hydrogen) atoms. The molecule has 108 valence electrons. The summed E-state index contributed by atoms with van der Waals surface area (Å²) >= 11 is 0. The van der Waals surface area contributed by atoms with Gasteiger partial charge in [-0.15, -0.1) is 0 Å². The number of nitrogens with one attached hydrogen (secondary N) is 1. The van der Waals surface area contributed by atoms with Crippen LogP contribution in [-0.2, 0) is 11.3 Å². The highest BCUT2D eigenvalue weighted by molar-refractivity contribution is 5.93. The number of carbonyl (C=O) groups is 1. The summed E-state index contributed by atoms with van der Waals surface area (Å²) in [5.74, 6) is 0.941. The molecule has 0 unspecified atom stereocenters. The Morgan fingerprint density at radius 2 is 2.10 bits per heavy atom. The minimum Gasteiger partial charge on any atom is -0.361 e. The Bertz CT molecular complexity index is 590. The number of rotatable bonds is 5. The van der Waals surface area contributed by atoms with Crippen LogP contribution in [0, 0.1) is 13.8 Å². The van der Waals surface area contributed by atoms with Crippen molar-refractivity contribution in [1.82, 2.24) is 15.2 Å². The number of hydrogen-bond acceptors (Lipinski definition) is 6. The van der Waals surface area contributed by atoms with E-state index in [0.29, 0.717) is 12.4 Å². The van der Waals surface area contributed by atoms with Gasteiger partial charge >= 0.3 is 0 Å². The maximum absolute atomic E-state index is 12.1. The quantitative estimate of drug-likeness (QED) is 0.896. The van der Waals surface area contributed by atoms with Crippen LogP contribution >= 0.6 is 0 Å². The van der Waals surface area contributed by atoms with E-state index in [0.717, 1.165) is 17.1 Å². The summed E-state index contributed by atoms with van der Waals surface area (Å²) in [7, 11) is 1.85. The lowest BCUT2D eigenvalue weighted by Gasteiger charge is -2.21. The van der Waals surface area contributed by atoms with Crippen molar-refractivity contribution in [3.8, 4) is 0 Å². The lowest BCUT2D eigenvalue weighted by Crippen LogP contribution is -2.39. The first-order valence-corrected chi connectivity index (χ1v) is 6.32. The van der Waals surface area contributed by atoms with E-state index in [2.05, 4.69) is 15.6 Å². The molecule has 0 aliphatic heterocycles. The van der Waals surface area contributed by atoms with Crippen molar-refractivity contribution >= 4 is 11.8 Å². The lowest BCUT2D eigenvalue weighted by molar-refractivity contribution is -0.120. The molecule has 2 aromatic heterocycles. The zero-order valence-corrected chi connectivity index (χ0v) is 12.0. The Labute approximate surface area is 116 Å². The molecule has 0 spiro atoms. The number of anilines is 1. The minimum absolute atomic E-state index is 0.163. The topological polar surface area (TPSA) is 84.4 Å². The van der Waals surface area contributed by atoms with Gasteiger partial charge in [0.1, 0.15) is 5.76 Å². The third kappa shape index (κ3) is 3.45. The van der Waals surface area contributed by atoms with E-state index in [1.165, 1.54) is 0 Å². The maximum Gasteiger partial charge on any atom is 0.243 e. The van der Waals surface area contributed by atoms with E-state index in [4.69, 9.17) is 9.05 Å². The molecule has 1 atom stereocenters. The van der Waals surface area contributed by atoms with Crippen molar-refractivity contribution in [3.05, 3.63) is 29.3 Å². The molecule has 0 aromatic carbocycles. The van der Waals surface area contributed by atoms with E-state index < -0.39 is 0 Å². The smallest absolute Gasteiger partial charge is 0.243 e. The predicted octanol–water partition coefficient (Wildman–Crippen LogP) is 1.74. The zero-order chi connectivity index (χ0) is 14.7. The molecule has 0 radical (unpaired) electrons. The Hall–Kier alpha value is -2.15. The van der Waals surface area contributed by atoms with Crippen LogP contribution < -0.4 is 5.32 Å². The van der Waals surface area contributed by atoms with Crippen LogP contribution in [0.3, 0.4) is 0 Å². The average Bonchev–Trinajstić information content (AvgIpc) is 2.97. The fraction of sp³-hybridized carbons (Fsp3) is 0.462. The molecule has 2 rings (SSSR count). The van der Waals surface area contributed by atoms with Gasteiger partial charge in [0, 0.05) is 18.7 Å². The first kappa shape index (κ1) is 14.3. The summed E-state index contributed by atoms with van der Waals surface area (Å²) in [4.78, 5) is 13.9. The van der Waals surface area contributed by atoms with E-state index in [9.17, 15) is 4.79 Å². The zero-order valence-electron chi connectivity index (χ0n) is 12.0. The molecule has 1 amide bonds. The van der Waals surface area contributed by atoms with Crippen LogP contribution in [-0.4, -0.2) is 34.2 Å². The monoisotopic (exact) mass is 278 g/mol. The summed E-state index contributed by atoms with van der Waals surface area (Å²) in [5.41, 5.74) is 1.51. The lowest BCUT2D eigenvalue weighted by atomic mass is 10.2. The molecule has 0 fully saturated rings. The summed E-state index contributed by atoms with van der Waals surface area (Å²) in [6, 6.07) is 3.18. The van der Waals surface area contributed by atoms with E-state index in [-0.39, 0.29) is 11.9 Å². The molecule has 1 N–H and O–H groups in total. The normalized spacial score (nSPS) is 12.7. The van der Waals surface area contributed by atoms with Gasteiger partial charge in [-0.25, -0.2) is 0 Å². The molecule has 0 bridgehead atoms. The van der Waals surface area contributed by atoms with Gasteiger partial charge < -0.3 is 9.05 Å². The van der Waals surface area contributed by atoms with E-state index >= 15 is 0 Å². The van der Waals surface area contributed by atoms with Gasteiger partial charge in [-0.2, -0.15) is 0 Å². The third-order valence-electron chi connectivity index (χ3n) is 3.00. The molecule has 7 nitrogen and oxygen atoms in total. The molecular weight excluding hydrogens is 260 g/mol. The predicted molar refractivity (Wildman–Crippen MR) is 72.0 cm³/mol. The van der Waals surface area contributed by atoms with E-state index in [1.807, 2.05) is 31.9 Å². The van der Waals surface area contributed by atoms with Crippen LogP contribution in [0.1, 0.15) is 24.1 Å². The largest absolute Gasteiger partial charge is 0.361 e. The van der Waals surface area contributed by atoms with Crippen molar-refractivity contribution in [2.45, 2.75) is 33.4 Å². The second-order valence-electron chi connectivity index (χ2n) is 4.84. The van der Waals surface area contributed by atoms with Crippen LogP contribution in [0.15, 0.2) is 21.2 Å². The Balaban J connectivity index is 1.92. The van der Waals surface area contributed by atoms with E-state index in [1.54, 1.807) is 13.0 Å². The molecule has 0 aliphatic carbocycles. The number of carbonyl (C=O) groups excluding carboxylic acids is 1. The van der Waals surface area contributed by atoms with Crippen LogP contribution in [0.4, 0.5) is 5.88 Å². The third-order valence-corrected chi connectivity index (χ3v) is 3.00. The van der Waals surface area contributed by atoms with Crippen molar-refractivity contribution in [2.75, 3.05) is 12.4 Å². The Morgan fingerprint density at radius 1 is 1.35 bits per heavy atom. The molecule has 7 heteroatoms. The summed E-state index contributed by atoms with van der Waals surface area (Å²) in [6.45, 7) is 5.97. The van der Waals surface area contributed by atoms with Crippen LogP contribution in [0.5, 0.6) is 0 Å². The second kappa shape index (κ2) is 5.87. The van der Waals surface area contributed by atoms with Crippen molar-refractivity contribution in [3.63, 3.8) is 0 Å². The number of aromatic nitrogens is 2. The molecule has 0 saturated heterocycles. The maximum atomic E-state index is 12.1. The fourth-order valence-electron chi connectivity index (χ4n) is 1.73. The average molecular weight is 278 g/mol. The highest BCUT2D eigenvalue weighted by Crippen LogP contribution is 2.11. The van der Waals surface area contributed by atoms with Crippen molar-refractivity contribution in [1.29, 1.82) is 0 Å². The van der Waals surface area contributed by atoms with Crippen molar-refractivity contribution in [2.24, 2.45) is 0 Å². The molecule has 2 heterocycles. The van der Waals surface area contributed by atoms with Gasteiger partial charge in [-0.1, -0.05) is 10.3 Å². The first-order valence-electron chi connectivity index (χ1n) is 6.32. The summed E-state index contributed by atoms with van der Waals surface area (Å²) < 4.78 is 9.96. The standard InChI is InChI=1S/C13H18N4O3/c1-8-5-12(20-15-8)14-13(18)10(3)17(4)7-11-6-9(2)19-16-11/h5-6,10H,7H2,1-4H3,(H,14,18)/t10-/m1/s1. The van der Waals surface area contributed by atoms with Gasteiger partial charge in [0.15, 0.2) is 0 Å². The first-order chi connectivity index (χ1) is 9.45. The van der Waals surface area contributed by atoms with Gasteiger partial charge in [-0.05, 0) is 27.8 Å². The fourth-order valence-corrected chi connectivity index (χ4v) is 1.73. The number of likely N-dealkylation sites (N-methyl/N-ethyl adjacent to an activating group) is 1. The van der Waals surface area contributed by atoms with Crippen LogP contribution in [0.25, 0.3) is 0 Å². The van der Waals surface area contributed by atoms with Gasteiger partial charge in [-0.3, -0.25) is 15.0 Å². The number of hydrogen-bond donors (Lipinski definition) is 1. The number of aryl methyl sites for hydroxylation is 2. The SMILES string of the molecule is Cc1cc(NC(=O)[C@@H](C)N(C)Cc2cc(C)on2)on1. The second-order valence-corrected chi connectivity index (χ2v) is 4.84. The molecule has 2 aromatic rings. The van der Waals surface area contributed by atoms with Gasteiger partial charge in [0.05, 0.1) is 17.4 Å². The summed E-state index contributed by atoms with van der Waals surface area (Å²) in [5, 5.41) is 10.3.